The molecule has 1 aliphatic rings. The summed E-state index contributed by atoms with van der Waals surface area (Å²) in [6, 6.07) is 15.8. The van der Waals surface area contributed by atoms with E-state index in [2.05, 4.69) is 82.5 Å². The van der Waals surface area contributed by atoms with Crippen molar-refractivity contribution in [1.82, 2.24) is 5.32 Å². The van der Waals surface area contributed by atoms with Crippen molar-refractivity contribution in [2.24, 2.45) is 0 Å². The quantitative estimate of drug-likeness (QED) is 0.877. The van der Waals surface area contributed by atoms with E-state index in [0.717, 1.165) is 19.6 Å². The zero-order valence-electron chi connectivity index (χ0n) is 12.6. The first-order chi connectivity index (χ1) is 10.2. The van der Waals surface area contributed by atoms with Crippen LogP contribution in [0.25, 0.3) is 0 Å². The molecule has 1 saturated heterocycles. The van der Waals surface area contributed by atoms with Crippen molar-refractivity contribution in [2.75, 3.05) is 24.5 Å². The molecule has 0 aliphatic carbocycles. The lowest BCUT2D eigenvalue weighted by atomic mass is 10.0. The average molecular weight is 345 g/mol. The topological polar surface area (TPSA) is 15.3 Å². The Morgan fingerprint density at radius 2 is 1.76 bits per heavy atom. The van der Waals surface area contributed by atoms with E-state index < -0.39 is 0 Å². The molecule has 0 aromatic heterocycles. The number of rotatable bonds is 2. The molecule has 2 nitrogen and oxygen atoms in total. The number of nitrogens with zero attached hydrogens (tertiary/aromatic N) is 1. The Bertz CT molecular complexity index is 601. The molecule has 1 aliphatic heterocycles. The lowest BCUT2D eigenvalue weighted by molar-refractivity contribution is 0.490. The Morgan fingerprint density at radius 3 is 2.43 bits per heavy atom. The third-order valence-corrected chi connectivity index (χ3v) is 5.43. The van der Waals surface area contributed by atoms with Crippen LogP contribution in [0.3, 0.4) is 0 Å². The van der Waals surface area contributed by atoms with Crippen LogP contribution < -0.4 is 10.2 Å². The van der Waals surface area contributed by atoms with Crippen LogP contribution in [0.5, 0.6) is 0 Å². The summed E-state index contributed by atoms with van der Waals surface area (Å²) in [6.07, 6.45) is 0. The summed E-state index contributed by atoms with van der Waals surface area (Å²) >= 11 is 3.67. The van der Waals surface area contributed by atoms with Crippen molar-refractivity contribution in [3.8, 4) is 0 Å². The van der Waals surface area contributed by atoms with Gasteiger partial charge in [-0.05, 0) is 42.7 Å². The standard InChI is InChI=1S/C18H21BrN2/c1-13-10-16(11-14(2)18(13)19)21-9-8-20-12-17(21)15-6-4-3-5-7-15/h3-7,10-11,17,20H,8-9,12H2,1-2H3. The number of halogens is 1. The highest BCUT2D eigenvalue weighted by atomic mass is 79.9. The second-order valence-corrected chi connectivity index (χ2v) is 6.51. The van der Waals surface area contributed by atoms with Gasteiger partial charge in [-0.1, -0.05) is 46.3 Å². The Balaban J connectivity index is 1.98. The Kier molecular flexibility index (Phi) is 4.32. The predicted octanol–water partition coefficient (Wildman–Crippen LogP) is 4.22. The first-order valence-corrected chi connectivity index (χ1v) is 8.25. The minimum absolute atomic E-state index is 0.403. The molecule has 1 heterocycles. The van der Waals surface area contributed by atoms with Crippen molar-refractivity contribution < 1.29 is 0 Å². The molecule has 3 rings (SSSR count). The van der Waals surface area contributed by atoms with Gasteiger partial charge < -0.3 is 10.2 Å². The first-order valence-electron chi connectivity index (χ1n) is 7.46. The van der Waals surface area contributed by atoms with E-state index in [9.17, 15) is 0 Å². The van der Waals surface area contributed by atoms with E-state index in [0.29, 0.717) is 6.04 Å². The van der Waals surface area contributed by atoms with Gasteiger partial charge in [-0.15, -0.1) is 0 Å². The fourth-order valence-corrected chi connectivity index (χ4v) is 3.30. The number of aryl methyl sites for hydroxylation is 2. The molecule has 2 aromatic rings. The molecule has 0 saturated carbocycles. The van der Waals surface area contributed by atoms with Gasteiger partial charge in [-0.3, -0.25) is 0 Å². The fraction of sp³-hybridized carbons (Fsp3) is 0.333. The lowest BCUT2D eigenvalue weighted by Gasteiger charge is -2.38. The minimum Gasteiger partial charge on any atom is -0.362 e. The number of hydrogen-bond acceptors (Lipinski definition) is 2. The average Bonchev–Trinajstić information content (AvgIpc) is 2.53. The second kappa shape index (κ2) is 6.20. The molecule has 0 bridgehead atoms. The fourth-order valence-electron chi connectivity index (χ4n) is 3.08. The number of nitrogens with one attached hydrogen (secondary N) is 1. The van der Waals surface area contributed by atoms with Gasteiger partial charge in [0.15, 0.2) is 0 Å². The molecule has 1 N–H and O–H groups in total. The Labute approximate surface area is 135 Å². The monoisotopic (exact) mass is 344 g/mol. The van der Waals surface area contributed by atoms with E-state index in [4.69, 9.17) is 0 Å². The van der Waals surface area contributed by atoms with Crippen LogP contribution in [0.2, 0.25) is 0 Å². The van der Waals surface area contributed by atoms with Crippen molar-refractivity contribution in [3.63, 3.8) is 0 Å². The third-order valence-electron chi connectivity index (χ3n) is 4.18. The molecule has 0 amide bonds. The van der Waals surface area contributed by atoms with Crippen LogP contribution in [-0.4, -0.2) is 19.6 Å². The van der Waals surface area contributed by atoms with Crippen LogP contribution in [-0.2, 0) is 0 Å². The summed E-state index contributed by atoms with van der Waals surface area (Å²) in [5, 5.41) is 3.52. The molecular weight excluding hydrogens is 324 g/mol. The molecule has 0 radical (unpaired) electrons. The molecule has 3 heteroatoms. The highest BCUT2D eigenvalue weighted by molar-refractivity contribution is 9.10. The van der Waals surface area contributed by atoms with E-state index in [1.165, 1.54) is 26.9 Å². The lowest BCUT2D eigenvalue weighted by Crippen LogP contribution is -2.46. The largest absolute Gasteiger partial charge is 0.362 e. The Hall–Kier alpha value is -1.32. The van der Waals surface area contributed by atoms with Crippen molar-refractivity contribution in [3.05, 3.63) is 63.6 Å². The van der Waals surface area contributed by atoms with Crippen LogP contribution in [0.15, 0.2) is 46.9 Å². The molecule has 1 unspecified atom stereocenters. The number of benzene rings is 2. The number of hydrogen-bond donors (Lipinski definition) is 1. The number of piperazine rings is 1. The zero-order valence-corrected chi connectivity index (χ0v) is 14.2. The van der Waals surface area contributed by atoms with Crippen molar-refractivity contribution in [2.45, 2.75) is 19.9 Å². The van der Waals surface area contributed by atoms with Gasteiger partial charge in [0.2, 0.25) is 0 Å². The van der Waals surface area contributed by atoms with Gasteiger partial charge in [-0.25, -0.2) is 0 Å². The summed E-state index contributed by atoms with van der Waals surface area (Å²) in [5.74, 6) is 0. The van der Waals surface area contributed by atoms with Gasteiger partial charge >= 0.3 is 0 Å². The number of anilines is 1. The highest BCUT2D eigenvalue weighted by Gasteiger charge is 2.24. The second-order valence-electron chi connectivity index (χ2n) is 5.72. The zero-order chi connectivity index (χ0) is 14.8. The third kappa shape index (κ3) is 2.99. The van der Waals surface area contributed by atoms with E-state index in [1.807, 2.05) is 0 Å². The smallest absolute Gasteiger partial charge is 0.0667 e. The first kappa shape index (κ1) is 14.6. The van der Waals surface area contributed by atoms with Crippen molar-refractivity contribution in [1.29, 1.82) is 0 Å². The summed E-state index contributed by atoms with van der Waals surface area (Å²) in [6.45, 7) is 7.41. The maximum atomic E-state index is 3.67. The maximum absolute atomic E-state index is 3.67. The van der Waals surface area contributed by atoms with Gasteiger partial charge in [-0.2, -0.15) is 0 Å². The Morgan fingerprint density at radius 1 is 1.10 bits per heavy atom. The summed E-state index contributed by atoms with van der Waals surface area (Å²) in [7, 11) is 0. The SMILES string of the molecule is Cc1cc(N2CCNCC2c2ccccc2)cc(C)c1Br. The summed E-state index contributed by atoms with van der Waals surface area (Å²) < 4.78 is 1.22. The van der Waals surface area contributed by atoms with Crippen molar-refractivity contribution >= 4 is 21.6 Å². The van der Waals surface area contributed by atoms with Gasteiger partial charge in [0.25, 0.3) is 0 Å². The van der Waals surface area contributed by atoms with Crippen LogP contribution >= 0.6 is 15.9 Å². The van der Waals surface area contributed by atoms with Crippen LogP contribution in [0.4, 0.5) is 5.69 Å². The van der Waals surface area contributed by atoms with E-state index in [1.54, 1.807) is 0 Å². The molecular formula is C18H21BrN2. The maximum Gasteiger partial charge on any atom is 0.0667 e. The predicted molar refractivity (Wildman–Crippen MR) is 93.0 cm³/mol. The van der Waals surface area contributed by atoms with Gasteiger partial charge in [0, 0.05) is 29.8 Å². The van der Waals surface area contributed by atoms with Gasteiger partial charge in [0.05, 0.1) is 6.04 Å². The van der Waals surface area contributed by atoms with E-state index >= 15 is 0 Å². The molecule has 21 heavy (non-hydrogen) atoms. The van der Waals surface area contributed by atoms with Crippen LogP contribution in [0, 0.1) is 13.8 Å². The summed E-state index contributed by atoms with van der Waals surface area (Å²) in [4.78, 5) is 2.53. The normalized spacial score (nSPS) is 18.8. The van der Waals surface area contributed by atoms with Crippen LogP contribution in [0.1, 0.15) is 22.7 Å². The summed E-state index contributed by atoms with van der Waals surface area (Å²) in [5.41, 5.74) is 5.30. The van der Waals surface area contributed by atoms with Gasteiger partial charge in [0.1, 0.15) is 0 Å². The molecule has 0 spiro atoms. The molecule has 1 fully saturated rings. The molecule has 110 valence electrons. The van der Waals surface area contributed by atoms with E-state index in [-0.39, 0.29) is 0 Å². The minimum atomic E-state index is 0.403. The highest BCUT2D eigenvalue weighted by Crippen LogP contribution is 2.32. The molecule has 2 aromatic carbocycles. The molecule has 1 atom stereocenters.